The average molecular weight is 605 g/mol. The van der Waals surface area contributed by atoms with Gasteiger partial charge in [0.05, 0.1) is 25.7 Å². The van der Waals surface area contributed by atoms with Gasteiger partial charge in [-0.3, -0.25) is 14.5 Å². The number of alkyl halides is 2. The molecule has 0 unspecified atom stereocenters. The molecule has 1 aromatic heterocycles. The number of rotatable bonds is 8. The van der Waals surface area contributed by atoms with Crippen molar-refractivity contribution in [1.29, 1.82) is 0 Å². The second kappa shape index (κ2) is 11.0. The first kappa shape index (κ1) is 28.6. The van der Waals surface area contributed by atoms with Crippen molar-refractivity contribution in [2.75, 3.05) is 49.8 Å². The highest BCUT2D eigenvalue weighted by Gasteiger charge is 2.50. The van der Waals surface area contributed by atoms with Gasteiger partial charge in [-0.2, -0.15) is 8.78 Å². The molecule has 1 N–H and O–H groups in total. The van der Waals surface area contributed by atoms with Crippen molar-refractivity contribution >= 4 is 23.5 Å². The van der Waals surface area contributed by atoms with Crippen molar-refractivity contribution in [3.05, 3.63) is 77.1 Å². The van der Waals surface area contributed by atoms with E-state index >= 15 is 13.2 Å². The minimum absolute atomic E-state index is 0.0351. The molecule has 0 aliphatic carbocycles. The van der Waals surface area contributed by atoms with Crippen molar-refractivity contribution in [3.63, 3.8) is 0 Å². The highest BCUT2D eigenvalue weighted by atomic mass is 19.3. The first-order chi connectivity index (χ1) is 20.6. The molecule has 226 valence electrons. The highest BCUT2D eigenvalue weighted by Crippen LogP contribution is 2.41. The first-order valence-corrected chi connectivity index (χ1v) is 13.3. The Morgan fingerprint density at radius 2 is 1.70 bits per heavy atom. The number of hydrogen-bond acceptors (Lipinski definition) is 7. The minimum Gasteiger partial charge on any atom is -0.497 e. The molecule has 0 radical (unpaired) electrons. The molecule has 2 amide bonds. The van der Waals surface area contributed by atoms with Crippen LogP contribution >= 0.6 is 0 Å². The Kier molecular flexibility index (Phi) is 7.32. The summed E-state index contributed by atoms with van der Waals surface area (Å²) in [6.07, 6.45) is 0. The van der Waals surface area contributed by atoms with Crippen LogP contribution in [0.5, 0.6) is 11.5 Å². The molecule has 0 bridgehead atoms. The van der Waals surface area contributed by atoms with Gasteiger partial charge in [0.1, 0.15) is 35.0 Å². The third-order valence-corrected chi connectivity index (χ3v) is 7.86. The number of benzene rings is 2. The number of pyridine rings is 1. The lowest BCUT2D eigenvalue weighted by atomic mass is 9.78. The van der Waals surface area contributed by atoms with Gasteiger partial charge in [0, 0.05) is 48.8 Å². The number of nitrogens with zero attached hydrogens (tertiary/aromatic N) is 3. The Hall–Kier alpha value is -4.46. The van der Waals surface area contributed by atoms with Crippen LogP contribution in [0.3, 0.4) is 0 Å². The summed E-state index contributed by atoms with van der Waals surface area (Å²) in [5.41, 5.74) is -0.512. The molecule has 0 saturated carbocycles. The van der Waals surface area contributed by atoms with E-state index in [-0.39, 0.29) is 28.3 Å². The maximum atomic E-state index is 15.3. The monoisotopic (exact) mass is 604 g/mol. The molecule has 2 atom stereocenters. The van der Waals surface area contributed by atoms with Crippen LogP contribution in [0.1, 0.15) is 21.8 Å². The SMILES string of the molecule is COc1cc(F)c([C@@H]2CN(c3nc(N4CC5(COC5)C4)ccc3F)C(=O)[C@H]2NC(=O)c2ccc(OC(F)F)cc2)c(F)c1. The number of nitrogens with one attached hydrogen (secondary N) is 1. The smallest absolute Gasteiger partial charge is 0.387 e. The van der Waals surface area contributed by atoms with E-state index in [4.69, 9.17) is 9.47 Å². The zero-order valence-electron chi connectivity index (χ0n) is 22.7. The topological polar surface area (TPSA) is 93.2 Å². The number of aromatic nitrogens is 1. The van der Waals surface area contributed by atoms with Gasteiger partial charge in [-0.15, -0.1) is 0 Å². The second-order valence-electron chi connectivity index (χ2n) is 10.7. The maximum absolute atomic E-state index is 15.3. The molecular weight excluding hydrogens is 579 g/mol. The summed E-state index contributed by atoms with van der Waals surface area (Å²) < 4.78 is 85.2. The molecule has 3 aliphatic heterocycles. The Balaban J connectivity index is 1.31. The van der Waals surface area contributed by atoms with E-state index in [0.717, 1.165) is 35.2 Å². The molecule has 6 rings (SSSR count). The third-order valence-electron chi connectivity index (χ3n) is 7.86. The standard InChI is InChI=1S/C29H25F5N4O5/c1-41-17-8-20(31)23(21(32)9-17)18-10-38(25-19(30)6-7-22(35-25)37-11-29(12-37)13-42-14-29)27(40)24(18)36-26(39)15-2-4-16(5-3-15)43-28(33)34/h2-9,18,24,28H,10-14H2,1H3,(H,36,39)/t18-,24-/m0/s1. The van der Waals surface area contributed by atoms with E-state index in [0.29, 0.717) is 32.1 Å². The Morgan fingerprint density at radius 1 is 1.02 bits per heavy atom. The maximum Gasteiger partial charge on any atom is 0.387 e. The van der Waals surface area contributed by atoms with Crippen LogP contribution in [0.2, 0.25) is 0 Å². The van der Waals surface area contributed by atoms with Crippen LogP contribution in [-0.4, -0.2) is 69.4 Å². The highest BCUT2D eigenvalue weighted by molar-refractivity contribution is 6.04. The number of carbonyl (C=O) groups excluding carboxylic acids is 2. The number of ether oxygens (including phenoxy) is 3. The lowest BCUT2D eigenvalue weighted by Gasteiger charge is -2.55. The van der Waals surface area contributed by atoms with Gasteiger partial charge in [0.2, 0.25) is 0 Å². The van der Waals surface area contributed by atoms with E-state index in [2.05, 4.69) is 15.0 Å². The third kappa shape index (κ3) is 5.31. The van der Waals surface area contributed by atoms with E-state index in [9.17, 15) is 18.4 Å². The van der Waals surface area contributed by atoms with Gasteiger partial charge in [0.15, 0.2) is 11.6 Å². The summed E-state index contributed by atoms with van der Waals surface area (Å²) in [5, 5.41) is 2.48. The minimum atomic E-state index is -3.07. The molecule has 1 spiro atoms. The fourth-order valence-electron chi connectivity index (χ4n) is 5.67. The molecule has 9 nitrogen and oxygen atoms in total. The van der Waals surface area contributed by atoms with Crippen LogP contribution < -0.4 is 24.6 Å². The lowest BCUT2D eigenvalue weighted by Crippen LogP contribution is -2.66. The molecule has 4 heterocycles. The summed E-state index contributed by atoms with van der Waals surface area (Å²) in [5.74, 6) is -6.11. The van der Waals surface area contributed by atoms with Crippen molar-refractivity contribution in [2.24, 2.45) is 5.41 Å². The fraction of sp³-hybridized carbons (Fsp3) is 0.345. The van der Waals surface area contributed by atoms with E-state index in [1.807, 2.05) is 4.90 Å². The van der Waals surface area contributed by atoms with Gasteiger partial charge < -0.3 is 24.4 Å². The molecular formula is C29H25F5N4O5. The summed E-state index contributed by atoms with van der Waals surface area (Å²) in [6, 6.07) is 7.61. The van der Waals surface area contributed by atoms with Crippen molar-refractivity contribution < 1.29 is 45.8 Å². The van der Waals surface area contributed by atoms with Crippen LogP contribution in [0.25, 0.3) is 0 Å². The van der Waals surface area contributed by atoms with Gasteiger partial charge in [-0.25, -0.2) is 18.2 Å². The molecule has 2 aromatic carbocycles. The average Bonchev–Trinajstić information content (AvgIpc) is 3.22. The predicted octanol–water partition coefficient (Wildman–Crippen LogP) is 3.87. The summed E-state index contributed by atoms with van der Waals surface area (Å²) in [4.78, 5) is 34.1. The molecule has 3 aliphatic rings. The van der Waals surface area contributed by atoms with E-state index < -0.39 is 59.9 Å². The van der Waals surface area contributed by atoms with Crippen LogP contribution in [0.4, 0.5) is 33.6 Å². The van der Waals surface area contributed by atoms with Crippen LogP contribution in [0.15, 0.2) is 48.5 Å². The second-order valence-corrected chi connectivity index (χ2v) is 10.7. The number of anilines is 2. The summed E-state index contributed by atoms with van der Waals surface area (Å²) in [7, 11) is 1.23. The quantitative estimate of drug-likeness (QED) is 0.391. The first-order valence-electron chi connectivity index (χ1n) is 13.3. The molecule has 14 heteroatoms. The van der Waals surface area contributed by atoms with Gasteiger partial charge in [-0.05, 0) is 36.4 Å². The van der Waals surface area contributed by atoms with Crippen molar-refractivity contribution in [1.82, 2.24) is 10.3 Å². The largest absolute Gasteiger partial charge is 0.497 e. The summed E-state index contributed by atoms with van der Waals surface area (Å²) in [6.45, 7) is -0.957. The van der Waals surface area contributed by atoms with Crippen LogP contribution in [0, 0.1) is 22.9 Å². The Morgan fingerprint density at radius 3 is 2.28 bits per heavy atom. The predicted molar refractivity (Wildman–Crippen MR) is 142 cm³/mol. The Bertz CT molecular complexity index is 1540. The van der Waals surface area contributed by atoms with Crippen molar-refractivity contribution in [2.45, 2.75) is 18.6 Å². The Labute approximate surface area is 242 Å². The number of amides is 2. The molecule has 3 aromatic rings. The number of methoxy groups -OCH3 is 1. The van der Waals surface area contributed by atoms with Crippen LogP contribution in [-0.2, 0) is 9.53 Å². The molecule has 3 saturated heterocycles. The van der Waals surface area contributed by atoms with Gasteiger partial charge in [-0.1, -0.05) is 0 Å². The van der Waals surface area contributed by atoms with E-state index in [1.165, 1.54) is 25.3 Å². The fourth-order valence-corrected chi connectivity index (χ4v) is 5.67. The zero-order chi connectivity index (χ0) is 30.5. The zero-order valence-corrected chi connectivity index (χ0v) is 22.7. The number of halogens is 5. The molecule has 3 fully saturated rings. The number of hydrogen-bond donors (Lipinski definition) is 1. The summed E-state index contributed by atoms with van der Waals surface area (Å²) >= 11 is 0. The molecule has 43 heavy (non-hydrogen) atoms. The van der Waals surface area contributed by atoms with Crippen molar-refractivity contribution in [3.8, 4) is 11.5 Å². The van der Waals surface area contributed by atoms with Gasteiger partial charge >= 0.3 is 6.61 Å². The van der Waals surface area contributed by atoms with E-state index in [1.54, 1.807) is 0 Å². The number of carbonyl (C=O) groups is 2. The normalized spacial score (nSPS) is 20.7. The lowest BCUT2D eigenvalue weighted by molar-refractivity contribution is -0.127. The van der Waals surface area contributed by atoms with Gasteiger partial charge in [0.25, 0.3) is 11.8 Å².